The van der Waals surface area contributed by atoms with Crippen molar-refractivity contribution in [3.63, 3.8) is 0 Å². The van der Waals surface area contributed by atoms with Crippen molar-refractivity contribution >= 4 is 54.5 Å². The molecule has 1 saturated carbocycles. The second-order valence-electron chi connectivity index (χ2n) is 17.6. The highest BCUT2D eigenvalue weighted by Crippen LogP contribution is 2.45. The smallest absolute Gasteiger partial charge is 0.149 e. The Bertz CT molecular complexity index is 2980. The Balaban J connectivity index is 1.16. The van der Waals surface area contributed by atoms with Crippen LogP contribution in [0.5, 0.6) is 0 Å². The predicted octanol–water partition coefficient (Wildman–Crippen LogP) is 15.5. The van der Waals surface area contributed by atoms with Crippen molar-refractivity contribution in [1.29, 1.82) is 0 Å². The molecule has 0 aliphatic heterocycles. The molecule has 7 aromatic carbocycles. The van der Waals surface area contributed by atoms with Crippen LogP contribution in [-0.2, 0) is 0 Å². The lowest BCUT2D eigenvalue weighted by molar-refractivity contribution is 0.224. The van der Waals surface area contributed by atoms with Crippen LogP contribution in [0.4, 0.5) is 0 Å². The highest BCUT2D eigenvalue weighted by atomic mass is 16.3. The van der Waals surface area contributed by atoms with Gasteiger partial charge in [0.25, 0.3) is 0 Å². The molecule has 0 saturated heterocycles. The van der Waals surface area contributed by atoms with Gasteiger partial charge in [-0.25, -0.2) is 4.98 Å². The standard InChI is InChI=1S/C53H50N2O/c1-32(2)43-29-39(35-20-18-34(19-21-35)36-24-26-53(5,6)27-25-36)30-44(33(3)4)50(43)55-48-17-10-9-16-47(48)54-52(55)42-15-11-14-41-46-28-38-23-22-37-12-7-8-13-40(37)45(38)31-49(46)56-51(41)42/h7-23,28-33,36H,24-27H2,1-6H3/i36D. The topological polar surface area (TPSA) is 31.0 Å². The quantitative estimate of drug-likeness (QED) is 0.159. The average Bonchev–Trinajstić information content (AvgIpc) is 3.79. The number of hydrogen-bond donors (Lipinski definition) is 0. The second-order valence-corrected chi connectivity index (χ2v) is 17.6. The van der Waals surface area contributed by atoms with Gasteiger partial charge in [-0.05, 0) is 141 Å². The minimum atomic E-state index is -0.506. The number of rotatable bonds is 6. The molecular formula is C53H50N2O. The molecule has 1 aliphatic rings. The Morgan fingerprint density at radius 2 is 1.34 bits per heavy atom. The van der Waals surface area contributed by atoms with Crippen molar-refractivity contribution in [2.24, 2.45) is 5.41 Å². The summed E-state index contributed by atoms with van der Waals surface area (Å²) in [5, 5.41) is 7.07. The minimum absolute atomic E-state index is 0.247. The van der Waals surface area contributed by atoms with E-state index in [0.717, 1.165) is 75.6 Å². The van der Waals surface area contributed by atoms with Crippen LogP contribution < -0.4 is 0 Å². The van der Waals surface area contributed by atoms with Gasteiger partial charge in [0.1, 0.15) is 17.0 Å². The molecule has 0 unspecified atom stereocenters. The molecule has 9 aromatic rings. The molecule has 3 heteroatoms. The van der Waals surface area contributed by atoms with Gasteiger partial charge in [-0.2, -0.15) is 0 Å². The van der Waals surface area contributed by atoms with E-state index in [9.17, 15) is 1.37 Å². The molecule has 0 amide bonds. The lowest BCUT2D eigenvalue weighted by atomic mass is 9.71. The predicted molar refractivity (Wildman–Crippen MR) is 237 cm³/mol. The molecule has 0 atom stereocenters. The number of nitrogens with zero attached hydrogens (tertiary/aromatic N) is 2. The van der Waals surface area contributed by atoms with Gasteiger partial charge in [0, 0.05) is 12.1 Å². The second kappa shape index (κ2) is 13.2. The number of aromatic nitrogens is 2. The van der Waals surface area contributed by atoms with Crippen molar-refractivity contribution < 1.29 is 5.79 Å². The molecule has 10 rings (SSSR count). The SMILES string of the molecule is [2H]C1(c2ccc(-c3cc(C(C)C)c(-n4c(-c5cccc6c5oc5cc7c(ccc8ccccc87)cc56)nc5ccccc54)c(C(C)C)c3)cc2)CCC(C)(C)CC1. The highest BCUT2D eigenvalue weighted by Gasteiger charge is 2.28. The summed E-state index contributed by atoms with van der Waals surface area (Å²) in [6.07, 6.45) is 4.03. The van der Waals surface area contributed by atoms with Crippen molar-refractivity contribution in [1.82, 2.24) is 9.55 Å². The van der Waals surface area contributed by atoms with Crippen LogP contribution in [0, 0.1) is 5.41 Å². The fourth-order valence-corrected chi connectivity index (χ4v) is 9.31. The number of para-hydroxylation sites is 3. The summed E-state index contributed by atoms with van der Waals surface area (Å²) in [6.45, 7) is 13.9. The van der Waals surface area contributed by atoms with Gasteiger partial charge >= 0.3 is 0 Å². The summed E-state index contributed by atoms with van der Waals surface area (Å²) in [5.74, 6) is 0.871. The lowest BCUT2D eigenvalue weighted by Gasteiger charge is -2.34. The molecule has 0 spiro atoms. The monoisotopic (exact) mass is 731 g/mol. The van der Waals surface area contributed by atoms with E-state index in [2.05, 4.69) is 174 Å². The molecule has 2 aromatic heterocycles. The van der Waals surface area contributed by atoms with E-state index >= 15 is 0 Å². The molecular weight excluding hydrogens is 681 g/mol. The van der Waals surface area contributed by atoms with E-state index in [1.54, 1.807) is 0 Å². The molecule has 2 heterocycles. The van der Waals surface area contributed by atoms with Crippen molar-refractivity contribution in [3.8, 4) is 28.2 Å². The molecule has 0 radical (unpaired) electrons. The van der Waals surface area contributed by atoms with E-state index in [-0.39, 0.29) is 11.8 Å². The van der Waals surface area contributed by atoms with Crippen LogP contribution in [0.2, 0.25) is 0 Å². The minimum Gasteiger partial charge on any atom is -0.455 e. The van der Waals surface area contributed by atoms with E-state index in [0.29, 0.717) is 5.41 Å². The van der Waals surface area contributed by atoms with E-state index in [1.165, 1.54) is 49.5 Å². The summed E-state index contributed by atoms with van der Waals surface area (Å²) in [6, 6.07) is 46.3. The molecule has 1 fully saturated rings. The van der Waals surface area contributed by atoms with Gasteiger partial charge in [-0.15, -0.1) is 0 Å². The maximum atomic E-state index is 9.39. The zero-order chi connectivity index (χ0) is 39.2. The van der Waals surface area contributed by atoms with Crippen molar-refractivity contribution in [2.45, 2.75) is 85.0 Å². The first-order chi connectivity index (χ1) is 27.5. The fourth-order valence-electron chi connectivity index (χ4n) is 9.31. The summed E-state index contributed by atoms with van der Waals surface area (Å²) in [4.78, 5) is 5.41. The van der Waals surface area contributed by atoms with Gasteiger partial charge < -0.3 is 4.42 Å². The van der Waals surface area contributed by atoms with Crippen LogP contribution in [-0.4, -0.2) is 9.55 Å². The first kappa shape index (κ1) is 33.6. The van der Waals surface area contributed by atoms with E-state index in [1.807, 2.05) is 0 Å². The zero-order valence-electron chi connectivity index (χ0n) is 34.4. The maximum Gasteiger partial charge on any atom is 0.149 e. The Morgan fingerprint density at radius 3 is 2.09 bits per heavy atom. The number of hydrogen-bond acceptors (Lipinski definition) is 2. The Labute approximate surface area is 331 Å². The summed E-state index contributed by atoms with van der Waals surface area (Å²) in [7, 11) is 0. The summed E-state index contributed by atoms with van der Waals surface area (Å²) >= 11 is 0. The van der Waals surface area contributed by atoms with Gasteiger partial charge in [0.2, 0.25) is 0 Å². The third-order valence-electron chi connectivity index (χ3n) is 12.6. The van der Waals surface area contributed by atoms with Crippen LogP contribution in [0.15, 0.2) is 132 Å². The number of fused-ring (bicyclic) bond motifs is 7. The molecule has 56 heavy (non-hydrogen) atoms. The molecule has 3 nitrogen and oxygen atoms in total. The van der Waals surface area contributed by atoms with Crippen LogP contribution in [0.25, 0.3) is 82.7 Å². The average molecular weight is 732 g/mol. The maximum absolute atomic E-state index is 9.39. The summed E-state index contributed by atoms with van der Waals surface area (Å²) in [5.41, 5.74) is 12.4. The zero-order valence-corrected chi connectivity index (χ0v) is 33.4. The number of furan rings is 1. The van der Waals surface area contributed by atoms with Gasteiger partial charge in [-0.3, -0.25) is 4.57 Å². The van der Waals surface area contributed by atoms with Gasteiger partial charge in [0.05, 0.1) is 22.3 Å². The normalized spacial score (nSPS) is 15.9. The Kier molecular flexibility index (Phi) is 7.95. The molecule has 0 N–H and O–H groups in total. The van der Waals surface area contributed by atoms with Gasteiger partial charge in [-0.1, -0.05) is 126 Å². The number of imidazole rings is 1. The Hall–Kier alpha value is -5.67. The van der Waals surface area contributed by atoms with Crippen molar-refractivity contribution in [2.75, 3.05) is 0 Å². The van der Waals surface area contributed by atoms with Gasteiger partial charge in [0.15, 0.2) is 0 Å². The third-order valence-corrected chi connectivity index (χ3v) is 12.6. The first-order valence-corrected chi connectivity index (χ1v) is 20.5. The molecule has 1 aliphatic carbocycles. The fraction of sp³-hybridized carbons (Fsp3) is 0.264. The van der Waals surface area contributed by atoms with Crippen LogP contribution in [0.3, 0.4) is 0 Å². The summed E-state index contributed by atoms with van der Waals surface area (Å²) < 4.78 is 18.7. The van der Waals surface area contributed by atoms with Crippen LogP contribution >= 0.6 is 0 Å². The molecule has 0 bridgehead atoms. The first-order valence-electron chi connectivity index (χ1n) is 21.0. The van der Waals surface area contributed by atoms with E-state index in [4.69, 9.17) is 9.40 Å². The third kappa shape index (κ3) is 5.74. The lowest BCUT2D eigenvalue weighted by Crippen LogP contribution is -2.20. The number of benzene rings is 7. The molecule has 278 valence electrons. The van der Waals surface area contributed by atoms with E-state index < -0.39 is 5.89 Å². The highest BCUT2D eigenvalue weighted by molar-refractivity contribution is 6.17. The Morgan fingerprint density at radius 1 is 0.661 bits per heavy atom. The largest absolute Gasteiger partial charge is 0.455 e. The van der Waals surface area contributed by atoms with Crippen molar-refractivity contribution in [3.05, 3.63) is 144 Å². The van der Waals surface area contributed by atoms with Crippen LogP contribution in [0.1, 0.15) is 103 Å².